The van der Waals surface area contributed by atoms with Crippen LogP contribution in [0.5, 0.6) is 5.75 Å². The molecule has 3 heteroatoms. The zero-order valence-electron chi connectivity index (χ0n) is 17.3. The van der Waals surface area contributed by atoms with Crippen molar-refractivity contribution in [3.05, 3.63) is 59.7 Å². The van der Waals surface area contributed by atoms with E-state index >= 15 is 0 Å². The fourth-order valence-electron chi connectivity index (χ4n) is 2.80. The van der Waals surface area contributed by atoms with Crippen molar-refractivity contribution >= 4 is 11.6 Å². The van der Waals surface area contributed by atoms with Crippen molar-refractivity contribution in [2.45, 2.75) is 65.2 Å². The van der Waals surface area contributed by atoms with Crippen molar-refractivity contribution in [3.63, 3.8) is 0 Å². The molecule has 3 nitrogen and oxygen atoms in total. The molecule has 0 aliphatic heterocycles. The molecule has 1 N–H and O–H groups in total. The summed E-state index contributed by atoms with van der Waals surface area (Å²) in [4.78, 5) is 12.1. The highest BCUT2D eigenvalue weighted by molar-refractivity contribution is 5.90. The molecule has 0 aliphatic rings. The molecule has 2 aromatic carbocycles. The van der Waals surface area contributed by atoms with E-state index in [-0.39, 0.29) is 11.3 Å². The van der Waals surface area contributed by atoms with Gasteiger partial charge in [0, 0.05) is 12.1 Å². The molecule has 2 aromatic rings. The van der Waals surface area contributed by atoms with Crippen molar-refractivity contribution in [2.24, 2.45) is 0 Å². The minimum Gasteiger partial charge on any atom is -0.494 e. The summed E-state index contributed by atoms with van der Waals surface area (Å²) in [6, 6.07) is 16.3. The highest BCUT2D eigenvalue weighted by Gasteiger charge is 2.17. The summed E-state index contributed by atoms with van der Waals surface area (Å²) in [6.45, 7) is 11.6. The highest BCUT2D eigenvalue weighted by atomic mass is 16.5. The molecule has 2 rings (SSSR count). The van der Waals surface area contributed by atoms with Gasteiger partial charge in [0.1, 0.15) is 5.75 Å². The van der Waals surface area contributed by atoms with Gasteiger partial charge >= 0.3 is 0 Å². The van der Waals surface area contributed by atoms with Crippen LogP contribution in [-0.2, 0) is 10.2 Å². The first-order chi connectivity index (χ1) is 12.8. The molecule has 0 saturated carbocycles. The van der Waals surface area contributed by atoms with Crippen LogP contribution in [0.25, 0.3) is 0 Å². The topological polar surface area (TPSA) is 38.3 Å². The van der Waals surface area contributed by atoms with Crippen LogP contribution in [0.1, 0.15) is 70.9 Å². The van der Waals surface area contributed by atoms with Gasteiger partial charge in [0.2, 0.25) is 5.91 Å². The van der Waals surface area contributed by atoms with Crippen LogP contribution in [-0.4, -0.2) is 12.5 Å². The number of amides is 1. The number of hydrogen-bond acceptors (Lipinski definition) is 2. The third kappa shape index (κ3) is 6.42. The smallest absolute Gasteiger partial charge is 0.224 e. The molecular formula is C24H33NO2. The average Bonchev–Trinajstić information content (AvgIpc) is 2.66. The second kappa shape index (κ2) is 9.59. The van der Waals surface area contributed by atoms with Gasteiger partial charge in [0.25, 0.3) is 0 Å². The lowest BCUT2D eigenvalue weighted by Gasteiger charge is -2.23. The molecule has 0 atom stereocenters. The number of carbonyl (C=O) groups excluding carboxylic acids is 1. The molecule has 0 bridgehead atoms. The number of ether oxygens (including phenoxy) is 1. The zero-order valence-corrected chi connectivity index (χ0v) is 17.3. The van der Waals surface area contributed by atoms with E-state index in [1.165, 1.54) is 11.1 Å². The Morgan fingerprint density at radius 1 is 1.04 bits per heavy atom. The third-order valence-electron chi connectivity index (χ3n) is 5.20. The summed E-state index contributed by atoms with van der Waals surface area (Å²) in [7, 11) is 0. The number of anilines is 1. The van der Waals surface area contributed by atoms with Crippen LogP contribution in [0.3, 0.4) is 0 Å². The fourth-order valence-corrected chi connectivity index (χ4v) is 2.80. The van der Waals surface area contributed by atoms with E-state index in [9.17, 15) is 4.79 Å². The van der Waals surface area contributed by atoms with E-state index in [1.54, 1.807) is 0 Å². The minimum atomic E-state index is 0.0240. The molecule has 0 aliphatic carbocycles. The summed E-state index contributed by atoms with van der Waals surface area (Å²) in [6.07, 6.45) is 2.24. The summed E-state index contributed by atoms with van der Waals surface area (Å²) in [5.41, 5.74) is 3.62. The zero-order chi connectivity index (χ0) is 19.9. The molecule has 0 fully saturated rings. The number of rotatable bonds is 9. The van der Waals surface area contributed by atoms with Crippen LogP contribution in [0, 0.1) is 0 Å². The predicted octanol–water partition coefficient (Wildman–Crippen LogP) is 6.30. The maximum atomic E-state index is 12.1. The molecule has 146 valence electrons. The van der Waals surface area contributed by atoms with Crippen molar-refractivity contribution in [3.8, 4) is 5.75 Å². The summed E-state index contributed by atoms with van der Waals surface area (Å²) in [5.74, 6) is 1.38. The monoisotopic (exact) mass is 367 g/mol. The first kappa shape index (κ1) is 21.0. The Kier molecular flexibility index (Phi) is 7.46. The number of nitrogens with one attached hydrogen (secondary N) is 1. The van der Waals surface area contributed by atoms with Crippen molar-refractivity contribution < 1.29 is 9.53 Å². The van der Waals surface area contributed by atoms with Gasteiger partial charge in [-0.2, -0.15) is 0 Å². The normalized spacial score (nSPS) is 11.5. The predicted molar refractivity (Wildman–Crippen MR) is 114 cm³/mol. The quantitative estimate of drug-likeness (QED) is 0.529. The lowest BCUT2D eigenvalue weighted by molar-refractivity contribution is -0.116. The standard InChI is InChI=1S/C24H33NO2/c1-6-24(4,5)20-11-15-22(16-12-20)27-17-7-8-23(26)25-21-13-9-19(10-14-21)18(2)3/h9-16,18H,6-8,17H2,1-5H3,(H,25,26). The Balaban J connectivity index is 1.72. The van der Waals surface area contributed by atoms with Gasteiger partial charge in [-0.25, -0.2) is 0 Å². The number of benzene rings is 2. The van der Waals surface area contributed by atoms with Crippen LogP contribution >= 0.6 is 0 Å². The highest BCUT2D eigenvalue weighted by Crippen LogP contribution is 2.28. The van der Waals surface area contributed by atoms with Gasteiger partial charge in [0.15, 0.2) is 0 Å². The van der Waals surface area contributed by atoms with E-state index in [2.05, 4.69) is 64.2 Å². The molecule has 0 saturated heterocycles. The third-order valence-corrected chi connectivity index (χ3v) is 5.20. The number of hydrogen-bond donors (Lipinski definition) is 1. The van der Waals surface area contributed by atoms with Gasteiger partial charge in [-0.15, -0.1) is 0 Å². The Hall–Kier alpha value is -2.29. The fraction of sp³-hybridized carbons (Fsp3) is 0.458. The van der Waals surface area contributed by atoms with Gasteiger partial charge in [-0.1, -0.05) is 58.9 Å². The maximum absolute atomic E-state index is 12.1. The minimum absolute atomic E-state index is 0.0240. The molecule has 0 radical (unpaired) electrons. The van der Waals surface area contributed by atoms with Crippen LogP contribution in [0.15, 0.2) is 48.5 Å². The first-order valence-corrected chi connectivity index (χ1v) is 9.95. The Bertz CT molecular complexity index is 715. The van der Waals surface area contributed by atoms with Crippen molar-refractivity contribution in [1.29, 1.82) is 0 Å². The Labute approximate surface area is 164 Å². The first-order valence-electron chi connectivity index (χ1n) is 9.95. The lowest BCUT2D eigenvalue weighted by Crippen LogP contribution is -2.15. The van der Waals surface area contributed by atoms with E-state index in [1.807, 2.05) is 24.3 Å². The molecular weight excluding hydrogens is 334 g/mol. The second-order valence-corrected chi connectivity index (χ2v) is 8.04. The largest absolute Gasteiger partial charge is 0.494 e. The van der Waals surface area contributed by atoms with E-state index in [0.717, 1.165) is 17.9 Å². The molecule has 1 amide bonds. The lowest BCUT2D eigenvalue weighted by atomic mass is 9.82. The molecule has 0 aromatic heterocycles. The molecule has 0 spiro atoms. The summed E-state index contributed by atoms with van der Waals surface area (Å²) >= 11 is 0. The van der Waals surface area contributed by atoms with Gasteiger partial charge in [-0.3, -0.25) is 4.79 Å². The second-order valence-electron chi connectivity index (χ2n) is 8.04. The SMILES string of the molecule is CCC(C)(C)c1ccc(OCCCC(=O)Nc2ccc(C(C)C)cc2)cc1. The average molecular weight is 368 g/mol. The summed E-state index contributed by atoms with van der Waals surface area (Å²) in [5, 5.41) is 2.94. The molecule has 0 unspecified atom stereocenters. The number of carbonyl (C=O) groups is 1. The maximum Gasteiger partial charge on any atom is 0.224 e. The Morgan fingerprint density at radius 2 is 1.67 bits per heavy atom. The summed E-state index contributed by atoms with van der Waals surface area (Å²) < 4.78 is 5.77. The Morgan fingerprint density at radius 3 is 2.22 bits per heavy atom. The van der Waals surface area contributed by atoms with E-state index in [4.69, 9.17) is 4.74 Å². The van der Waals surface area contributed by atoms with E-state index < -0.39 is 0 Å². The van der Waals surface area contributed by atoms with Crippen LogP contribution in [0.2, 0.25) is 0 Å². The van der Waals surface area contributed by atoms with Crippen LogP contribution in [0.4, 0.5) is 5.69 Å². The van der Waals surface area contributed by atoms with Crippen molar-refractivity contribution in [2.75, 3.05) is 11.9 Å². The van der Waals surface area contributed by atoms with Crippen LogP contribution < -0.4 is 10.1 Å². The van der Waals surface area contributed by atoms with Gasteiger partial charge < -0.3 is 10.1 Å². The van der Waals surface area contributed by atoms with Crippen molar-refractivity contribution in [1.82, 2.24) is 0 Å². The van der Waals surface area contributed by atoms with Gasteiger partial charge in [-0.05, 0) is 59.6 Å². The molecule has 0 heterocycles. The van der Waals surface area contributed by atoms with E-state index in [0.29, 0.717) is 25.4 Å². The molecule has 27 heavy (non-hydrogen) atoms. The van der Waals surface area contributed by atoms with Gasteiger partial charge in [0.05, 0.1) is 6.61 Å².